The van der Waals surface area contributed by atoms with Crippen molar-refractivity contribution < 1.29 is 33.3 Å². The number of hydrogen-bond acceptors (Lipinski definition) is 7. The van der Waals surface area contributed by atoms with Crippen LogP contribution in [0, 0.1) is 0 Å². The fraction of sp³-hybridized carbons (Fsp3) is 0.556. The summed E-state index contributed by atoms with van der Waals surface area (Å²) in [7, 11) is 0. The Kier molecular flexibility index (Phi) is 8.61. The molecule has 3 amide bonds. The van der Waals surface area contributed by atoms with E-state index in [9.17, 15) is 14.4 Å². The first-order valence-corrected chi connectivity index (χ1v) is 16.7. The molecule has 11 heteroatoms. The first-order valence-electron chi connectivity index (χ1n) is 16.7. The number of nitrogens with zero attached hydrogens (tertiary/aromatic N) is 2. The zero-order valence-electron chi connectivity index (χ0n) is 28.2. The summed E-state index contributed by atoms with van der Waals surface area (Å²) in [6.45, 7) is 12.2. The second-order valence-corrected chi connectivity index (χ2v) is 14.6. The molecule has 0 spiro atoms. The molecular formula is C36H46N4O7. The maximum absolute atomic E-state index is 14.2. The van der Waals surface area contributed by atoms with Gasteiger partial charge in [0.1, 0.15) is 28.5 Å². The summed E-state index contributed by atoms with van der Waals surface area (Å²) in [6, 6.07) is 10.2. The van der Waals surface area contributed by atoms with Gasteiger partial charge in [0.05, 0.1) is 31.7 Å². The zero-order chi connectivity index (χ0) is 33.6. The second-order valence-electron chi connectivity index (χ2n) is 14.6. The SMILES string of the molecule is CC[C@@]12CCCCOc3ccc4c(c3)[C@H](CC(C)(C)O4)NC(=O)c3ccc4c(c3)[C@@H](CCO4)N(C(=O)C1)/C(=N/C(=O)OC(C)(C)C)N2. The van der Waals surface area contributed by atoms with Gasteiger partial charge in [-0.15, -0.1) is 4.99 Å². The highest BCUT2D eigenvalue weighted by molar-refractivity contribution is 6.04. The van der Waals surface area contributed by atoms with Gasteiger partial charge in [-0.1, -0.05) is 6.92 Å². The Morgan fingerprint density at radius 3 is 2.60 bits per heavy atom. The van der Waals surface area contributed by atoms with Crippen LogP contribution in [0.5, 0.6) is 17.2 Å². The lowest BCUT2D eigenvalue weighted by Crippen LogP contribution is -2.63. The van der Waals surface area contributed by atoms with Gasteiger partial charge < -0.3 is 29.6 Å². The molecule has 1 fully saturated rings. The Morgan fingerprint density at radius 1 is 1.04 bits per heavy atom. The molecule has 0 radical (unpaired) electrons. The van der Waals surface area contributed by atoms with Gasteiger partial charge in [-0.2, -0.15) is 0 Å². The first kappa shape index (κ1) is 32.7. The number of carbonyl (C=O) groups is 3. The molecule has 2 aromatic carbocycles. The third kappa shape index (κ3) is 7.04. The lowest BCUT2D eigenvalue weighted by atomic mass is 9.83. The van der Waals surface area contributed by atoms with Crippen molar-refractivity contribution in [2.24, 2.45) is 4.99 Å². The molecule has 0 unspecified atom stereocenters. The number of aliphatic imine (C=N–C) groups is 1. The van der Waals surface area contributed by atoms with Crippen LogP contribution in [0.25, 0.3) is 0 Å². The Balaban J connectivity index is 1.43. The summed E-state index contributed by atoms with van der Waals surface area (Å²) >= 11 is 0. The fourth-order valence-electron chi connectivity index (χ4n) is 6.98. The molecule has 5 aliphatic rings. The number of fused-ring (bicyclic) bond motifs is 7. The maximum atomic E-state index is 14.2. The number of amides is 3. The number of hydrogen-bond donors (Lipinski definition) is 2. The van der Waals surface area contributed by atoms with Crippen molar-refractivity contribution in [3.8, 4) is 17.2 Å². The van der Waals surface area contributed by atoms with Crippen molar-refractivity contribution in [2.45, 2.75) is 115 Å². The molecule has 11 nitrogen and oxygen atoms in total. The minimum Gasteiger partial charge on any atom is -0.494 e. The van der Waals surface area contributed by atoms with Crippen LogP contribution in [0.2, 0.25) is 0 Å². The molecule has 252 valence electrons. The van der Waals surface area contributed by atoms with Crippen LogP contribution >= 0.6 is 0 Å². The van der Waals surface area contributed by atoms with E-state index in [1.165, 1.54) is 0 Å². The predicted octanol–water partition coefficient (Wildman–Crippen LogP) is 6.37. The van der Waals surface area contributed by atoms with E-state index in [2.05, 4.69) is 15.6 Å². The quantitative estimate of drug-likeness (QED) is 0.366. The predicted molar refractivity (Wildman–Crippen MR) is 176 cm³/mol. The molecule has 1 saturated heterocycles. The van der Waals surface area contributed by atoms with Crippen LogP contribution in [0.15, 0.2) is 41.4 Å². The van der Waals surface area contributed by atoms with Crippen molar-refractivity contribution in [3.05, 3.63) is 53.1 Å². The van der Waals surface area contributed by atoms with E-state index < -0.39 is 28.9 Å². The van der Waals surface area contributed by atoms with Crippen molar-refractivity contribution in [3.63, 3.8) is 0 Å². The zero-order valence-corrected chi connectivity index (χ0v) is 28.2. The van der Waals surface area contributed by atoms with Crippen molar-refractivity contribution in [1.82, 2.24) is 15.5 Å². The van der Waals surface area contributed by atoms with Crippen LogP contribution in [0.3, 0.4) is 0 Å². The number of ether oxygens (including phenoxy) is 4. The lowest BCUT2D eigenvalue weighted by Gasteiger charge is -2.46. The van der Waals surface area contributed by atoms with E-state index in [0.29, 0.717) is 61.5 Å². The average molecular weight is 647 g/mol. The molecular weight excluding hydrogens is 600 g/mol. The van der Waals surface area contributed by atoms with E-state index in [0.717, 1.165) is 24.2 Å². The van der Waals surface area contributed by atoms with Crippen molar-refractivity contribution in [1.29, 1.82) is 0 Å². The normalized spacial score (nSPS) is 26.3. The van der Waals surface area contributed by atoms with Gasteiger partial charge in [-0.3, -0.25) is 14.5 Å². The molecule has 47 heavy (non-hydrogen) atoms. The fourth-order valence-corrected chi connectivity index (χ4v) is 6.98. The van der Waals surface area contributed by atoms with Gasteiger partial charge in [0.15, 0.2) is 0 Å². The van der Waals surface area contributed by atoms with Gasteiger partial charge in [0, 0.05) is 35.1 Å². The summed E-state index contributed by atoms with van der Waals surface area (Å²) in [5, 5.41) is 6.76. The van der Waals surface area contributed by atoms with Crippen molar-refractivity contribution in [2.75, 3.05) is 13.2 Å². The molecule has 0 saturated carbocycles. The third-order valence-corrected chi connectivity index (χ3v) is 9.28. The molecule has 5 aliphatic heterocycles. The Bertz CT molecular complexity index is 1600. The number of nitrogens with one attached hydrogen (secondary N) is 2. The van der Waals surface area contributed by atoms with E-state index >= 15 is 0 Å². The van der Waals surface area contributed by atoms with Crippen molar-refractivity contribution >= 4 is 23.9 Å². The molecule has 0 aromatic heterocycles. The maximum Gasteiger partial charge on any atom is 0.437 e. The Labute approximate surface area is 276 Å². The molecule has 7 rings (SSSR count). The topological polar surface area (TPSA) is 128 Å². The highest BCUT2D eigenvalue weighted by Crippen LogP contribution is 2.43. The molecule has 0 aliphatic carbocycles. The van der Waals surface area contributed by atoms with Gasteiger partial charge in [-0.25, -0.2) is 4.79 Å². The number of rotatable bonds is 1. The largest absolute Gasteiger partial charge is 0.494 e. The van der Waals surface area contributed by atoms with Gasteiger partial charge >= 0.3 is 6.09 Å². The minimum atomic E-state index is -0.780. The van der Waals surface area contributed by atoms with Crippen LogP contribution in [0.1, 0.15) is 120 Å². The highest BCUT2D eigenvalue weighted by Gasteiger charge is 2.45. The van der Waals surface area contributed by atoms with Gasteiger partial charge in [0.25, 0.3) is 5.91 Å². The average Bonchev–Trinajstić information content (AvgIpc) is 2.99. The van der Waals surface area contributed by atoms with Gasteiger partial charge in [0.2, 0.25) is 11.9 Å². The van der Waals surface area contributed by atoms with Crippen LogP contribution < -0.4 is 24.8 Å². The van der Waals surface area contributed by atoms with Crippen LogP contribution in [0.4, 0.5) is 4.79 Å². The molecule has 3 atom stereocenters. The minimum absolute atomic E-state index is 0.150. The Hall–Kier alpha value is -4.28. The molecule has 2 N–H and O–H groups in total. The standard InChI is InChI=1S/C36H46N4O7/c1-7-36-15-8-9-16-44-23-11-13-29-24(19-23)26(20-35(5,6)46-29)37-31(42)22-10-12-28-25(18-22)27(14-17-45-28)40(30(41)21-36)32(39-36)38-33(43)47-34(2,3)4/h10-13,18-19,26-27H,7-9,14-17,20-21H2,1-6H3,(H,37,42)(H,38,39,43)/t26-,27+,36+/m0/s1. The summed E-state index contributed by atoms with van der Waals surface area (Å²) in [5.74, 6) is 1.76. The van der Waals surface area contributed by atoms with E-state index in [-0.39, 0.29) is 30.2 Å². The number of guanidine groups is 1. The first-order chi connectivity index (χ1) is 22.2. The molecule has 5 heterocycles. The molecule has 2 aromatic rings. The van der Waals surface area contributed by atoms with E-state index in [4.69, 9.17) is 18.9 Å². The monoisotopic (exact) mass is 646 g/mol. The summed E-state index contributed by atoms with van der Waals surface area (Å²) in [6.07, 6.45) is 3.36. The second kappa shape index (κ2) is 12.4. The van der Waals surface area contributed by atoms with Gasteiger partial charge in [-0.05, 0) is 96.7 Å². The van der Waals surface area contributed by atoms with Crippen LogP contribution in [-0.4, -0.2) is 58.7 Å². The third-order valence-electron chi connectivity index (χ3n) is 9.28. The summed E-state index contributed by atoms with van der Waals surface area (Å²) in [4.78, 5) is 47.1. The van der Waals surface area contributed by atoms with E-state index in [1.807, 2.05) is 39.0 Å². The highest BCUT2D eigenvalue weighted by atomic mass is 16.6. The lowest BCUT2D eigenvalue weighted by molar-refractivity contribution is -0.133. The smallest absolute Gasteiger partial charge is 0.437 e. The number of carbonyl (C=O) groups excluding carboxylic acids is 3. The number of benzene rings is 2. The van der Waals surface area contributed by atoms with Crippen LogP contribution in [-0.2, 0) is 9.53 Å². The summed E-state index contributed by atoms with van der Waals surface area (Å²) in [5.41, 5.74) is 0.136. The Morgan fingerprint density at radius 2 is 1.83 bits per heavy atom. The summed E-state index contributed by atoms with van der Waals surface area (Å²) < 4.78 is 24.0. The van der Waals surface area contributed by atoms with E-state index in [1.54, 1.807) is 43.9 Å². The molecule has 6 bridgehead atoms.